The van der Waals surface area contributed by atoms with Gasteiger partial charge in [-0.25, -0.2) is 0 Å². The standard InChI is InChI=1S/C14H30N2/c1-11-7-13(9-14(3,4)8-11)15-12(2)10-16(5)6/h11-13,15H,7-10H2,1-6H3. The summed E-state index contributed by atoms with van der Waals surface area (Å²) in [5.41, 5.74) is 0.521. The topological polar surface area (TPSA) is 15.3 Å². The fourth-order valence-corrected chi connectivity index (χ4v) is 3.48. The fraction of sp³-hybridized carbons (Fsp3) is 1.00. The van der Waals surface area contributed by atoms with Crippen LogP contribution in [0.3, 0.4) is 0 Å². The Balaban J connectivity index is 2.41. The highest BCUT2D eigenvalue weighted by Gasteiger charge is 2.32. The van der Waals surface area contributed by atoms with E-state index in [9.17, 15) is 0 Å². The van der Waals surface area contributed by atoms with Crippen LogP contribution in [-0.2, 0) is 0 Å². The molecule has 1 fully saturated rings. The Morgan fingerprint density at radius 3 is 2.44 bits per heavy atom. The summed E-state index contributed by atoms with van der Waals surface area (Å²) in [5, 5.41) is 3.79. The van der Waals surface area contributed by atoms with Crippen molar-refractivity contribution in [2.45, 2.75) is 59.0 Å². The lowest BCUT2D eigenvalue weighted by molar-refractivity contribution is 0.142. The Kier molecular flexibility index (Phi) is 4.81. The third kappa shape index (κ3) is 4.84. The molecule has 0 spiro atoms. The van der Waals surface area contributed by atoms with Gasteiger partial charge in [0.15, 0.2) is 0 Å². The van der Waals surface area contributed by atoms with Crippen molar-refractivity contribution in [2.24, 2.45) is 11.3 Å². The largest absolute Gasteiger partial charge is 0.310 e. The molecule has 2 nitrogen and oxygen atoms in total. The number of rotatable bonds is 4. The third-order valence-electron chi connectivity index (χ3n) is 3.55. The zero-order valence-electron chi connectivity index (χ0n) is 12.0. The first-order valence-corrected chi connectivity index (χ1v) is 6.69. The fourth-order valence-electron chi connectivity index (χ4n) is 3.48. The Morgan fingerprint density at radius 1 is 1.31 bits per heavy atom. The first kappa shape index (κ1) is 14.0. The summed E-state index contributed by atoms with van der Waals surface area (Å²) in [6.07, 6.45) is 4.06. The maximum Gasteiger partial charge on any atom is 0.0169 e. The zero-order chi connectivity index (χ0) is 12.3. The average molecular weight is 226 g/mol. The molecule has 1 aliphatic carbocycles. The maximum atomic E-state index is 3.79. The van der Waals surface area contributed by atoms with Crippen molar-refractivity contribution in [1.29, 1.82) is 0 Å². The molecule has 0 bridgehead atoms. The molecular weight excluding hydrogens is 196 g/mol. The second kappa shape index (κ2) is 5.50. The van der Waals surface area contributed by atoms with Crippen molar-refractivity contribution in [3.05, 3.63) is 0 Å². The molecule has 1 saturated carbocycles. The van der Waals surface area contributed by atoms with Gasteiger partial charge in [-0.15, -0.1) is 0 Å². The van der Waals surface area contributed by atoms with E-state index in [4.69, 9.17) is 0 Å². The summed E-state index contributed by atoms with van der Waals surface area (Å²) >= 11 is 0. The van der Waals surface area contributed by atoms with Gasteiger partial charge in [-0.2, -0.15) is 0 Å². The van der Waals surface area contributed by atoms with Crippen LogP contribution in [0.25, 0.3) is 0 Å². The lowest BCUT2D eigenvalue weighted by atomic mass is 9.70. The van der Waals surface area contributed by atoms with Crippen LogP contribution in [0.5, 0.6) is 0 Å². The lowest BCUT2D eigenvalue weighted by Gasteiger charge is -2.40. The molecule has 1 rings (SSSR count). The van der Waals surface area contributed by atoms with Gasteiger partial charge in [-0.1, -0.05) is 20.8 Å². The van der Waals surface area contributed by atoms with Gasteiger partial charge in [0.2, 0.25) is 0 Å². The molecule has 3 unspecified atom stereocenters. The van der Waals surface area contributed by atoms with Gasteiger partial charge in [0.1, 0.15) is 0 Å². The summed E-state index contributed by atoms with van der Waals surface area (Å²) in [6.45, 7) is 10.6. The minimum absolute atomic E-state index is 0.521. The Bertz CT molecular complexity index is 211. The van der Waals surface area contributed by atoms with Gasteiger partial charge in [0.05, 0.1) is 0 Å². The number of hydrogen-bond acceptors (Lipinski definition) is 2. The molecule has 0 aromatic rings. The van der Waals surface area contributed by atoms with Gasteiger partial charge in [-0.3, -0.25) is 0 Å². The molecule has 0 aromatic carbocycles. The molecule has 0 saturated heterocycles. The van der Waals surface area contributed by atoms with Gasteiger partial charge in [0.25, 0.3) is 0 Å². The van der Waals surface area contributed by atoms with E-state index in [1.54, 1.807) is 0 Å². The first-order chi connectivity index (χ1) is 7.28. The molecule has 0 aliphatic heterocycles. The highest BCUT2D eigenvalue weighted by atomic mass is 15.1. The van der Waals surface area contributed by atoms with Crippen LogP contribution >= 0.6 is 0 Å². The smallest absolute Gasteiger partial charge is 0.0169 e. The predicted molar refractivity (Wildman–Crippen MR) is 71.7 cm³/mol. The van der Waals surface area contributed by atoms with Crippen LogP contribution in [0, 0.1) is 11.3 Å². The van der Waals surface area contributed by atoms with E-state index < -0.39 is 0 Å². The molecule has 0 amide bonds. The number of likely N-dealkylation sites (N-methyl/N-ethyl adjacent to an activating group) is 1. The van der Waals surface area contributed by atoms with Gasteiger partial charge in [-0.05, 0) is 51.6 Å². The van der Waals surface area contributed by atoms with Gasteiger partial charge in [0, 0.05) is 18.6 Å². The lowest BCUT2D eigenvalue weighted by Crippen LogP contribution is -2.46. The van der Waals surface area contributed by atoms with Gasteiger partial charge >= 0.3 is 0 Å². The average Bonchev–Trinajstić information content (AvgIpc) is 1.95. The first-order valence-electron chi connectivity index (χ1n) is 6.69. The monoisotopic (exact) mass is 226 g/mol. The van der Waals surface area contributed by atoms with Crippen LogP contribution in [0.1, 0.15) is 47.0 Å². The molecular formula is C14H30N2. The number of nitrogens with zero attached hydrogens (tertiary/aromatic N) is 1. The molecule has 3 atom stereocenters. The summed E-state index contributed by atoms with van der Waals surface area (Å²) in [7, 11) is 4.29. The molecule has 0 heterocycles. The zero-order valence-corrected chi connectivity index (χ0v) is 12.0. The minimum atomic E-state index is 0.521. The van der Waals surface area contributed by atoms with E-state index >= 15 is 0 Å². The summed E-state index contributed by atoms with van der Waals surface area (Å²) < 4.78 is 0. The van der Waals surface area contributed by atoms with Crippen LogP contribution in [0.4, 0.5) is 0 Å². The Hall–Kier alpha value is -0.0800. The maximum absolute atomic E-state index is 3.79. The summed E-state index contributed by atoms with van der Waals surface area (Å²) in [4.78, 5) is 2.26. The number of hydrogen-bond donors (Lipinski definition) is 1. The second-order valence-corrected chi connectivity index (χ2v) is 6.94. The molecule has 0 aromatic heterocycles. The van der Waals surface area contributed by atoms with Crippen LogP contribution in [-0.4, -0.2) is 37.6 Å². The molecule has 2 heteroatoms. The SMILES string of the molecule is CC1CC(NC(C)CN(C)C)CC(C)(C)C1. The molecule has 0 radical (unpaired) electrons. The Morgan fingerprint density at radius 2 is 1.94 bits per heavy atom. The summed E-state index contributed by atoms with van der Waals surface area (Å²) in [5.74, 6) is 0.868. The van der Waals surface area contributed by atoms with E-state index in [0.717, 1.165) is 12.5 Å². The quantitative estimate of drug-likeness (QED) is 0.793. The predicted octanol–water partition coefficient (Wildman–Crippen LogP) is 2.74. The van der Waals surface area contributed by atoms with Crippen molar-refractivity contribution in [3.8, 4) is 0 Å². The molecule has 16 heavy (non-hydrogen) atoms. The molecule has 96 valence electrons. The number of nitrogens with one attached hydrogen (secondary N) is 1. The minimum Gasteiger partial charge on any atom is -0.310 e. The molecule has 1 aliphatic rings. The van der Waals surface area contributed by atoms with E-state index in [1.807, 2.05) is 0 Å². The summed E-state index contributed by atoms with van der Waals surface area (Å²) in [6, 6.07) is 1.31. The van der Waals surface area contributed by atoms with Crippen molar-refractivity contribution in [1.82, 2.24) is 10.2 Å². The highest BCUT2D eigenvalue weighted by Crippen LogP contribution is 2.38. The van der Waals surface area contributed by atoms with Crippen LogP contribution in [0.2, 0.25) is 0 Å². The normalized spacial score (nSPS) is 31.7. The van der Waals surface area contributed by atoms with E-state index in [-0.39, 0.29) is 0 Å². The molecule has 1 N–H and O–H groups in total. The van der Waals surface area contributed by atoms with E-state index in [0.29, 0.717) is 17.5 Å². The Labute approximate surface area is 102 Å². The second-order valence-electron chi connectivity index (χ2n) is 6.94. The van der Waals surface area contributed by atoms with Gasteiger partial charge < -0.3 is 10.2 Å². The van der Waals surface area contributed by atoms with Crippen LogP contribution < -0.4 is 5.32 Å². The van der Waals surface area contributed by atoms with E-state index in [1.165, 1.54) is 19.3 Å². The van der Waals surface area contributed by atoms with Crippen LogP contribution in [0.15, 0.2) is 0 Å². The van der Waals surface area contributed by atoms with Crippen molar-refractivity contribution < 1.29 is 0 Å². The van der Waals surface area contributed by atoms with Crippen molar-refractivity contribution in [2.75, 3.05) is 20.6 Å². The van der Waals surface area contributed by atoms with Crippen molar-refractivity contribution >= 4 is 0 Å². The van der Waals surface area contributed by atoms with E-state index in [2.05, 4.69) is 52.0 Å². The highest BCUT2D eigenvalue weighted by molar-refractivity contribution is 4.87. The van der Waals surface area contributed by atoms with Crippen molar-refractivity contribution in [3.63, 3.8) is 0 Å². The third-order valence-corrected chi connectivity index (χ3v) is 3.55.